The number of hydrogen-bond donors (Lipinski definition) is 4. The van der Waals surface area contributed by atoms with Gasteiger partial charge in [0.2, 0.25) is 0 Å². The second-order valence-electron chi connectivity index (χ2n) is 10.1. The van der Waals surface area contributed by atoms with Crippen LogP contribution in [0.3, 0.4) is 0 Å². The highest BCUT2D eigenvalue weighted by Crippen LogP contribution is 2.35. The molecular weight excluding hydrogens is 446 g/mol. The average Bonchev–Trinajstić information content (AvgIpc) is 3.31. The minimum Gasteiger partial charge on any atom is -0.497 e. The number of pyridine rings is 1. The molecule has 0 saturated carbocycles. The fourth-order valence-electron chi connectivity index (χ4n) is 5.57. The maximum absolute atomic E-state index is 6.55. The number of methoxy groups -OCH3 is 1. The van der Waals surface area contributed by atoms with Crippen molar-refractivity contribution in [1.82, 2.24) is 15.3 Å². The molecule has 2 aromatic heterocycles. The molecule has 2 heterocycles. The van der Waals surface area contributed by atoms with Gasteiger partial charge in [-0.15, -0.1) is 0 Å². The molecule has 0 radical (unpaired) electrons. The number of benzene rings is 2. The molecule has 0 fully saturated rings. The lowest BCUT2D eigenvalue weighted by Crippen LogP contribution is -2.41. The van der Waals surface area contributed by atoms with Gasteiger partial charge in [0.1, 0.15) is 5.75 Å². The fourth-order valence-corrected chi connectivity index (χ4v) is 5.57. The maximum atomic E-state index is 6.55. The van der Waals surface area contributed by atoms with Gasteiger partial charge in [0.15, 0.2) is 0 Å². The van der Waals surface area contributed by atoms with Gasteiger partial charge in [-0.05, 0) is 73.9 Å². The molecule has 5 N–H and O–H groups in total. The molecule has 0 aliphatic heterocycles. The van der Waals surface area contributed by atoms with Crippen LogP contribution in [0, 0.1) is 0 Å². The number of anilines is 1. The topological polar surface area (TPSA) is 88.0 Å². The summed E-state index contributed by atoms with van der Waals surface area (Å²) in [6.07, 6.45) is 9.74. The second kappa shape index (κ2) is 11.3. The molecule has 36 heavy (non-hydrogen) atoms. The highest BCUT2D eigenvalue weighted by Gasteiger charge is 2.21. The lowest BCUT2D eigenvalue weighted by atomic mass is 9.92. The maximum Gasteiger partial charge on any atom is 0.119 e. The predicted octanol–water partition coefficient (Wildman–Crippen LogP) is 5.34. The molecule has 0 amide bonds. The first-order valence-electron chi connectivity index (χ1n) is 13.4. The van der Waals surface area contributed by atoms with Crippen molar-refractivity contribution in [3.63, 3.8) is 0 Å². The number of hydrogen-bond acceptors (Lipinski definition) is 5. The first-order chi connectivity index (χ1) is 17.7. The number of rotatable bonds is 11. The number of nitrogens with one attached hydrogen (secondary N) is 3. The molecule has 1 aliphatic rings. The number of nitrogens with two attached hydrogens (primary N) is 1. The van der Waals surface area contributed by atoms with Crippen LogP contribution in [0.15, 0.2) is 48.7 Å². The van der Waals surface area contributed by atoms with Crippen LogP contribution in [0.25, 0.3) is 21.8 Å². The smallest absolute Gasteiger partial charge is 0.119 e. The summed E-state index contributed by atoms with van der Waals surface area (Å²) in [6.45, 7) is 3.91. The van der Waals surface area contributed by atoms with Crippen LogP contribution in [-0.2, 0) is 19.3 Å². The van der Waals surface area contributed by atoms with E-state index in [-0.39, 0.29) is 6.04 Å². The number of aromatic amines is 1. The van der Waals surface area contributed by atoms with Crippen LogP contribution < -0.4 is 21.1 Å². The zero-order valence-electron chi connectivity index (χ0n) is 21.6. The number of aromatic nitrogens is 2. The van der Waals surface area contributed by atoms with Gasteiger partial charge in [-0.25, -0.2) is 0 Å². The summed E-state index contributed by atoms with van der Waals surface area (Å²) in [5.74, 6) is 0.872. The average molecular weight is 486 g/mol. The number of fused-ring (bicyclic) bond motifs is 3. The normalized spacial score (nSPS) is 15.1. The van der Waals surface area contributed by atoms with Gasteiger partial charge in [-0.2, -0.15) is 0 Å². The summed E-state index contributed by atoms with van der Waals surface area (Å²) < 4.78 is 5.55. The molecule has 2 aromatic carbocycles. The molecule has 190 valence electrons. The number of para-hydroxylation sites is 1. The Morgan fingerprint density at radius 2 is 1.94 bits per heavy atom. The molecule has 0 spiro atoms. The number of ether oxygens (including phenoxy) is 1. The predicted molar refractivity (Wildman–Crippen MR) is 150 cm³/mol. The number of H-pyrrole nitrogens is 1. The van der Waals surface area contributed by atoms with E-state index in [1.165, 1.54) is 46.3 Å². The largest absolute Gasteiger partial charge is 0.497 e. The Balaban J connectivity index is 1.29. The van der Waals surface area contributed by atoms with Crippen LogP contribution in [0.5, 0.6) is 5.75 Å². The van der Waals surface area contributed by atoms with Crippen molar-refractivity contribution in [1.29, 1.82) is 0 Å². The van der Waals surface area contributed by atoms with E-state index < -0.39 is 0 Å². The molecule has 5 rings (SSSR count). The van der Waals surface area contributed by atoms with Crippen LogP contribution >= 0.6 is 0 Å². The van der Waals surface area contributed by atoms with E-state index >= 15 is 0 Å². The van der Waals surface area contributed by atoms with E-state index in [1.54, 1.807) is 7.11 Å². The first-order valence-corrected chi connectivity index (χ1v) is 13.4. The Morgan fingerprint density at radius 3 is 2.81 bits per heavy atom. The fraction of sp³-hybridized carbons (Fsp3) is 0.433. The number of nitrogens with zero attached hydrogens (tertiary/aromatic N) is 1. The van der Waals surface area contributed by atoms with E-state index in [0.717, 1.165) is 61.8 Å². The first kappa shape index (κ1) is 24.6. The Hall–Kier alpha value is -3.09. The molecule has 2 atom stereocenters. The van der Waals surface area contributed by atoms with Gasteiger partial charge >= 0.3 is 0 Å². The minimum atomic E-state index is 0.0604. The zero-order chi connectivity index (χ0) is 24.9. The second-order valence-corrected chi connectivity index (χ2v) is 10.1. The van der Waals surface area contributed by atoms with E-state index in [4.69, 9.17) is 15.5 Å². The summed E-state index contributed by atoms with van der Waals surface area (Å²) in [5, 5.41) is 10.0. The molecule has 6 heteroatoms. The quantitative estimate of drug-likeness (QED) is 0.230. The van der Waals surface area contributed by atoms with E-state index in [0.29, 0.717) is 6.04 Å². The van der Waals surface area contributed by atoms with Crippen molar-refractivity contribution in [2.24, 2.45) is 5.73 Å². The summed E-state index contributed by atoms with van der Waals surface area (Å²) in [4.78, 5) is 8.38. The molecule has 6 nitrogen and oxygen atoms in total. The summed E-state index contributed by atoms with van der Waals surface area (Å²) >= 11 is 0. The Morgan fingerprint density at radius 1 is 1.08 bits per heavy atom. The third-order valence-electron chi connectivity index (χ3n) is 7.41. The lowest BCUT2D eigenvalue weighted by molar-refractivity contribution is 0.415. The zero-order valence-corrected chi connectivity index (χ0v) is 21.6. The van der Waals surface area contributed by atoms with Crippen molar-refractivity contribution >= 4 is 27.5 Å². The van der Waals surface area contributed by atoms with Crippen molar-refractivity contribution in [3.05, 3.63) is 65.5 Å². The van der Waals surface area contributed by atoms with Crippen LogP contribution in [-0.4, -0.2) is 42.3 Å². The summed E-state index contributed by atoms with van der Waals surface area (Å²) in [5.41, 5.74) is 13.9. The Labute approximate surface area is 214 Å². The molecular formula is C30H39N5O. The SMILES string of the molecule is CCCC(CNCC(N)Cc1c[nH]c2ccccc12)Nc1c2c(nc3ccc(OC)cc13)CCCC2. The van der Waals surface area contributed by atoms with E-state index in [1.807, 2.05) is 6.07 Å². The van der Waals surface area contributed by atoms with Gasteiger partial charge < -0.3 is 26.1 Å². The van der Waals surface area contributed by atoms with Gasteiger partial charge in [-0.3, -0.25) is 4.98 Å². The molecule has 0 bridgehead atoms. The highest BCUT2D eigenvalue weighted by molar-refractivity contribution is 5.94. The minimum absolute atomic E-state index is 0.0604. The third-order valence-corrected chi connectivity index (χ3v) is 7.41. The van der Waals surface area contributed by atoms with Crippen LogP contribution in [0.2, 0.25) is 0 Å². The van der Waals surface area contributed by atoms with Gasteiger partial charge in [0.25, 0.3) is 0 Å². The van der Waals surface area contributed by atoms with E-state index in [9.17, 15) is 0 Å². The summed E-state index contributed by atoms with van der Waals surface area (Å²) in [6, 6.07) is 15.0. The standard InChI is InChI=1S/C30H39N5O/c1-3-8-22(19-32-18-21(31)15-20-17-33-27-11-6-4-9-24(20)27)34-30-25-10-5-7-12-28(25)35-29-14-13-23(36-2)16-26(29)30/h4,6,9,11,13-14,16-17,21-22,32-33H,3,5,7-8,10,12,15,18-19,31H2,1-2H3,(H,34,35). The van der Waals surface area contributed by atoms with Gasteiger partial charge in [0, 0.05) is 59.0 Å². The van der Waals surface area contributed by atoms with Crippen molar-refractivity contribution in [2.75, 3.05) is 25.5 Å². The monoisotopic (exact) mass is 485 g/mol. The highest BCUT2D eigenvalue weighted by atomic mass is 16.5. The molecule has 4 aromatic rings. The number of aryl methyl sites for hydroxylation is 1. The summed E-state index contributed by atoms with van der Waals surface area (Å²) in [7, 11) is 1.73. The van der Waals surface area contributed by atoms with Gasteiger partial charge in [0.05, 0.1) is 12.6 Å². The van der Waals surface area contributed by atoms with Gasteiger partial charge in [-0.1, -0.05) is 31.5 Å². The third kappa shape index (κ3) is 5.35. The van der Waals surface area contributed by atoms with Crippen molar-refractivity contribution in [3.8, 4) is 5.75 Å². The van der Waals surface area contributed by atoms with Crippen LogP contribution in [0.4, 0.5) is 5.69 Å². The van der Waals surface area contributed by atoms with Crippen LogP contribution in [0.1, 0.15) is 49.4 Å². The lowest BCUT2D eigenvalue weighted by Gasteiger charge is -2.27. The Bertz CT molecular complexity index is 1310. The van der Waals surface area contributed by atoms with Crippen molar-refractivity contribution < 1.29 is 4.74 Å². The Kier molecular flexibility index (Phi) is 7.73. The molecule has 0 saturated heterocycles. The molecule has 2 unspecified atom stereocenters. The van der Waals surface area contributed by atoms with E-state index in [2.05, 4.69) is 65.1 Å². The molecule has 1 aliphatic carbocycles. The van der Waals surface area contributed by atoms with Crippen molar-refractivity contribution in [2.45, 2.75) is 64.0 Å².